The van der Waals surface area contributed by atoms with Crippen LogP contribution >= 0.6 is 46.4 Å². The largest absolute Gasteiger partial charge is 0.380 e. The van der Waals surface area contributed by atoms with E-state index in [0.29, 0.717) is 26.3 Å². The summed E-state index contributed by atoms with van der Waals surface area (Å²) in [6, 6.07) is 7.93. The van der Waals surface area contributed by atoms with Crippen LogP contribution in [-0.2, 0) is 6.54 Å². The average Bonchev–Trinajstić information content (AvgIpc) is 2.37. The minimum atomic E-state index is -0.451. The van der Waals surface area contributed by atoms with Crippen molar-refractivity contribution < 1.29 is 4.39 Å². The van der Waals surface area contributed by atoms with Crippen molar-refractivity contribution >= 4 is 52.1 Å². The van der Waals surface area contributed by atoms with Gasteiger partial charge >= 0.3 is 0 Å². The van der Waals surface area contributed by atoms with Crippen LogP contribution in [0.25, 0.3) is 0 Å². The number of anilines is 1. The molecule has 0 bridgehead atoms. The lowest BCUT2D eigenvalue weighted by molar-refractivity contribution is 0.613. The van der Waals surface area contributed by atoms with Gasteiger partial charge in [-0.1, -0.05) is 58.5 Å². The summed E-state index contributed by atoms with van der Waals surface area (Å²) in [6.45, 7) is 0.240. The summed E-state index contributed by atoms with van der Waals surface area (Å²) in [5.41, 5.74) is 1.02. The zero-order valence-electron chi connectivity index (χ0n) is 9.48. The predicted octanol–water partition coefficient (Wildman–Crippen LogP) is 6.05. The Kier molecular flexibility index (Phi) is 4.80. The maximum atomic E-state index is 13.7. The number of nitrogens with one attached hydrogen (secondary N) is 1. The summed E-state index contributed by atoms with van der Waals surface area (Å²) < 4.78 is 13.7. The lowest BCUT2D eigenvalue weighted by Gasteiger charge is -2.11. The standard InChI is InChI=1S/C13H8Cl4FN/c14-8-3-1-2-7(13(8)18)6-19-12-5-10(16)9(15)4-11(12)17/h1-5,19H,6H2. The van der Waals surface area contributed by atoms with Crippen molar-refractivity contribution in [3.05, 3.63) is 61.8 Å². The first-order chi connectivity index (χ1) is 8.99. The van der Waals surface area contributed by atoms with E-state index in [9.17, 15) is 4.39 Å². The lowest BCUT2D eigenvalue weighted by atomic mass is 10.2. The van der Waals surface area contributed by atoms with E-state index >= 15 is 0 Å². The van der Waals surface area contributed by atoms with E-state index in [1.54, 1.807) is 18.2 Å². The maximum absolute atomic E-state index is 13.7. The van der Waals surface area contributed by atoms with Crippen LogP contribution in [-0.4, -0.2) is 0 Å². The Morgan fingerprint density at radius 1 is 0.895 bits per heavy atom. The van der Waals surface area contributed by atoms with Gasteiger partial charge in [-0.2, -0.15) is 0 Å². The predicted molar refractivity (Wildman–Crippen MR) is 80.2 cm³/mol. The molecule has 2 aromatic rings. The lowest BCUT2D eigenvalue weighted by Crippen LogP contribution is -2.02. The van der Waals surface area contributed by atoms with E-state index < -0.39 is 5.82 Å². The Hall–Kier alpha value is -0.670. The molecule has 19 heavy (non-hydrogen) atoms. The van der Waals surface area contributed by atoms with E-state index in [-0.39, 0.29) is 11.6 Å². The highest BCUT2D eigenvalue weighted by Crippen LogP contribution is 2.32. The molecule has 0 aromatic heterocycles. The Morgan fingerprint density at radius 2 is 1.58 bits per heavy atom. The second kappa shape index (κ2) is 6.19. The van der Waals surface area contributed by atoms with Crippen LogP contribution in [0.5, 0.6) is 0 Å². The molecule has 6 heteroatoms. The Balaban J connectivity index is 2.19. The fourth-order valence-corrected chi connectivity index (χ4v) is 2.34. The van der Waals surface area contributed by atoms with Gasteiger partial charge in [-0.25, -0.2) is 4.39 Å². The third-order valence-corrected chi connectivity index (χ3v) is 3.84. The highest BCUT2D eigenvalue weighted by atomic mass is 35.5. The average molecular weight is 339 g/mol. The van der Waals surface area contributed by atoms with Crippen molar-refractivity contribution in [2.75, 3.05) is 5.32 Å². The Labute approximate surface area is 130 Å². The van der Waals surface area contributed by atoms with Gasteiger partial charge in [0.25, 0.3) is 0 Å². The Morgan fingerprint density at radius 3 is 2.32 bits per heavy atom. The van der Waals surface area contributed by atoms with Crippen LogP contribution in [0.3, 0.4) is 0 Å². The van der Waals surface area contributed by atoms with Crippen molar-refractivity contribution in [3.8, 4) is 0 Å². The fraction of sp³-hybridized carbons (Fsp3) is 0.0769. The van der Waals surface area contributed by atoms with Gasteiger partial charge in [-0.3, -0.25) is 0 Å². The zero-order chi connectivity index (χ0) is 14.0. The molecule has 2 rings (SSSR count). The first kappa shape index (κ1) is 14.7. The molecule has 0 aliphatic rings. The number of benzene rings is 2. The minimum absolute atomic E-state index is 0.0829. The minimum Gasteiger partial charge on any atom is -0.380 e. The van der Waals surface area contributed by atoms with Gasteiger partial charge in [0.05, 0.1) is 25.8 Å². The topological polar surface area (TPSA) is 12.0 Å². The number of halogens is 5. The molecular formula is C13H8Cl4FN. The van der Waals surface area contributed by atoms with E-state index in [1.165, 1.54) is 12.1 Å². The monoisotopic (exact) mass is 337 g/mol. The van der Waals surface area contributed by atoms with Crippen LogP contribution in [0.15, 0.2) is 30.3 Å². The number of hydrogen-bond acceptors (Lipinski definition) is 1. The van der Waals surface area contributed by atoms with Crippen molar-refractivity contribution in [2.24, 2.45) is 0 Å². The molecule has 1 N–H and O–H groups in total. The summed E-state index contributed by atoms with van der Waals surface area (Å²) >= 11 is 23.4. The van der Waals surface area contributed by atoms with Gasteiger partial charge in [0.1, 0.15) is 5.82 Å². The summed E-state index contributed by atoms with van der Waals surface area (Å²) in [5, 5.41) is 4.23. The quantitative estimate of drug-likeness (QED) is 0.671. The third-order valence-electron chi connectivity index (χ3n) is 2.51. The van der Waals surface area contributed by atoms with Gasteiger partial charge in [0.2, 0.25) is 0 Å². The molecule has 0 unspecified atom stereocenters. The Bertz CT molecular complexity index is 616. The van der Waals surface area contributed by atoms with Crippen molar-refractivity contribution in [1.82, 2.24) is 0 Å². The van der Waals surface area contributed by atoms with Gasteiger partial charge in [-0.15, -0.1) is 0 Å². The second-order valence-corrected chi connectivity index (χ2v) is 5.44. The third kappa shape index (κ3) is 3.46. The van der Waals surface area contributed by atoms with Crippen LogP contribution in [0.2, 0.25) is 20.1 Å². The highest BCUT2D eigenvalue weighted by Gasteiger charge is 2.09. The molecule has 1 nitrogen and oxygen atoms in total. The molecule has 0 radical (unpaired) electrons. The summed E-state index contributed by atoms with van der Waals surface area (Å²) in [4.78, 5) is 0. The van der Waals surface area contributed by atoms with Crippen LogP contribution in [0.4, 0.5) is 10.1 Å². The molecule has 2 aromatic carbocycles. The molecule has 0 saturated heterocycles. The molecule has 0 aliphatic carbocycles. The molecule has 0 saturated carbocycles. The summed E-state index contributed by atoms with van der Waals surface area (Å²) in [5.74, 6) is -0.451. The highest BCUT2D eigenvalue weighted by molar-refractivity contribution is 6.44. The molecule has 0 atom stereocenters. The molecule has 0 spiro atoms. The normalized spacial score (nSPS) is 10.6. The van der Waals surface area contributed by atoms with Crippen molar-refractivity contribution in [3.63, 3.8) is 0 Å². The van der Waals surface area contributed by atoms with E-state index in [4.69, 9.17) is 46.4 Å². The van der Waals surface area contributed by atoms with E-state index in [1.807, 2.05) is 0 Å². The molecule has 0 amide bonds. The molecule has 0 aliphatic heterocycles. The van der Waals surface area contributed by atoms with Gasteiger partial charge in [0, 0.05) is 12.1 Å². The number of rotatable bonds is 3. The van der Waals surface area contributed by atoms with Crippen LogP contribution in [0.1, 0.15) is 5.56 Å². The first-order valence-corrected chi connectivity index (χ1v) is 6.81. The molecular weight excluding hydrogens is 331 g/mol. The summed E-state index contributed by atoms with van der Waals surface area (Å²) in [7, 11) is 0. The fourth-order valence-electron chi connectivity index (χ4n) is 1.53. The van der Waals surface area contributed by atoms with Crippen LogP contribution in [0, 0.1) is 5.82 Å². The molecule has 100 valence electrons. The van der Waals surface area contributed by atoms with Gasteiger partial charge in [-0.05, 0) is 18.2 Å². The number of hydrogen-bond donors (Lipinski definition) is 1. The second-order valence-electron chi connectivity index (χ2n) is 3.81. The van der Waals surface area contributed by atoms with E-state index in [2.05, 4.69) is 5.32 Å². The van der Waals surface area contributed by atoms with Crippen molar-refractivity contribution in [2.45, 2.75) is 6.54 Å². The maximum Gasteiger partial charge on any atom is 0.146 e. The summed E-state index contributed by atoms with van der Waals surface area (Å²) in [6.07, 6.45) is 0. The zero-order valence-corrected chi connectivity index (χ0v) is 12.5. The molecule has 0 fully saturated rings. The van der Waals surface area contributed by atoms with E-state index in [0.717, 1.165) is 0 Å². The first-order valence-electron chi connectivity index (χ1n) is 5.30. The SMILES string of the molecule is Fc1c(Cl)cccc1CNc1cc(Cl)c(Cl)cc1Cl. The van der Waals surface area contributed by atoms with Gasteiger partial charge in [0.15, 0.2) is 0 Å². The van der Waals surface area contributed by atoms with Gasteiger partial charge < -0.3 is 5.32 Å². The molecule has 0 heterocycles. The smallest absolute Gasteiger partial charge is 0.146 e. The van der Waals surface area contributed by atoms with Crippen LogP contribution < -0.4 is 5.32 Å². The van der Waals surface area contributed by atoms with Crippen molar-refractivity contribution in [1.29, 1.82) is 0 Å².